The summed E-state index contributed by atoms with van der Waals surface area (Å²) in [6, 6.07) is 0. The monoisotopic (exact) mass is 152 g/mol. The quantitative estimate of drug-likeness (QED) is 0.493. The van der Waals surface area contributed by atoms with E-state index in [-0.39, 0.29) is 0 Å². The summed E-state index contributed by atoms with van der Waals surface area (Å²) in [4.78, 5) is 0. The van der Waals surface area contributed by atoms with E-state index in [4.69, 9.17) is 0 Å². The number of hydrogen-bond donors (Lipinski definition) is 0. The average Bonchev–Trinajstić information content (AvgIpc) is 2.10. The molecule has 1 aliphatic rings. The molecule has 0 spiro atoms. The lowest BCUT2D eigenvalue weighted by molar-refractivity contribution is 0.590. The zero-order valence-corrected chi connectivity index (χ0v) is 8.65. The Balaban J connectivity index is 0.000000461. The molecule has 0 saturated heterocycles. The maximum absolute atomic E-state index is 2.31. The number of hydrogen-bond acceptors (Lipinski definition) is 0. The molecule has 0 nitrogen and oxygen atoms in total. The van der Waals surface area contributed by atoms with Crippen LogP contribution < -0.4 is 0 Å². The SMILES string of the molecule is CC.CC1=CC(C)(C)C(C)=C1. The van der Waals surface area contributed by atoms with Gasteiger partial charge < -0.3 is 0 Å². The Labute approximate surface area is 71.0 Å². The Morgan fingerprint density at radius 2 is 1.55 bits per heavy atom. The van der Waals surface area contributed by atoms with Crippen LogP contribution in [0.15, 0.2) is 23.3 Å². The second-order valence-electron chi connectivity index (χ2n) is 3.44. The van der Waals surface area contributed by atoms with E-state index in [9.17, 15) is 0 Å². The van der Waals surface area contributed by atoms with Crippen molar-refractivity contribution in [3.05, 3.63) is 23.3 Å². The Kier molecular flexibility index (Phi) is 3.57. The van der Waals surface area contributed by atoms with Gasteiger partial charge in [0.15, 0.2) is 0 Å². The normalized spacial score (nSPS) is 19.8. The highest BCUT2D eigenvalue weighted by molar-refractivity contribution is 5.36. The van der Waals surface area contributed by atoms with Gasteiger partial charge in [0.2, 0.25) is 0 Å². The predicted octanol–water partition coefficient (Wildman–Crippen LogP) is 3.95. The van der Waals surface area contributed by atoms with Crippen molar-refractivity contribution in [3.63, 3.8) is 0 Å². The molecule has 0 fully saturated rings. The van der Waals surface area contributed by atoms with Crippen LogP contribution in [0.1, 0.15) is 41.5 Å². The summed E-state index contributed by atoms with van der Waals surface area (Å²) in [5.41, 5.74) is 3.20. The molecule has 0 amide bonds. The van der Waals surface area contributed by atoms with Crippen LogP contribution >= 0.6 is 0 Å². The lowest BCUT2D eigenvalue weighted by atomic mass is 9.89. The number of allylic oxidation sites excluding steroid dienone is 4. The van der Waals surface area contributed by atoms with Gasteiger partial charge >= 0.3 is 0 Å². The highest BCUT2D eigenvalue weighted by Crippen LogP contribution is 2.34. The Bertz CT molecular complexity index is 180. The molecule has 0 atom stereocenters. The summed E-state index contributed by atoms with van der Waals surface area (Å²) in [7, 11) is 0. The molecule has 1 aliphatic carbocycles. The van der Waals surface area contributed by atoms with Gasteiger partial charge in [-0.3, -0.25) is 0 Å². The van der Waals surface area contributed by atoms with Crippen molar-refractivity contribution in [2.45, 2.75) is 41.5 Å². The lowest BCUT2D eigenvalue weighted by Crippen LogP contribution is -2.04. The molecular formula is C11H20. The molecular weight excluding hydrogens is 132 g/mol. The highest BCUT2D eigenvalue weighted by Gasteiger charge is 2.20. The molecule has 0 aromatic heterocycles. The third kappa shape index (κ3) is 2.53. The van der Waals surface area contributed by atoms with E-state index in [1.54, 1.807) is 0 Å². The van der Waals surface area contributed by atoms with Gasteiger partial charge in [-0.15, -0.1) is 0 Å². The van der Waals surface area contributed by atoms with Crippen LogP contribution in [-0.2, 0) is 0 Å². The van der Waals surface area contributed by atoms with Gasteiger partial charge in [-0.05, 0) is 13.8 Å². The fraction of sp³-hybridized carbons (Fsp3) is 0.636. The van der Waals surface area contributed by atoms with Crippen LogP contribution in [0.25, 0.3) is 0 Å². The van der Waals surface area contributed by atoms with Crippen molar-refractivity contribution in [2.24, 2.45) is 5.41 Å². The zero-order chi connectivity index (χ0) is 9.07. The predicted molar refractivity (Wildman–Crippen MR) is 52.6 cm³/mol. The van der Waals surface area contributed by atoms with Crippen molar-refractivity contribution in [2.75, 3.05) is 0 Å². The van der Waals surface area contributed by atoms with Gasteiger partial charge in [-0.25, -0.2) is 0 Å². The standard InChI is InChI=1S/C9H14.C2H6/c1-7-5-8(2)9(3,4)6-7;1-2/h5-6H,1-4H3;1-2H3. The minimum absolute atomic E-state index is 0.323. The summed E-state index contributed by atoms with van der Waals surface area (Å²) in [5, 5.41) is 0. The maximum atomic E-state index is 2.31. The summed E-state index contributed by atoms with van der Waals surface area (Å²) < 4.78 is 0. The van der Waals surface area contributed by atoms with Crippen LogP contribution in [0.2, 0.25) is 0 Å². The highest BCUT2D eigenvalue weighted by atomic mass is 14.3. The topological polar surface area (TPSA) is 0 Å². The van der Waals surface area contributed by atoms with E-state index < -0.39 is 0 Å². The van der Waals surface area contributed by atoms with Crippen molar-refractivity contribution < 1.29 is 0 Å². The molecule has 0 heteroatoms. The van der Waals surface area contributed by atoms with E-state index in [0.717, 1.165) is 0 Å². The summed E-state index contributed by atoms with van der Waals surface area (Å²) in [6.45, 7) is 12.8. The minimum Gasteiger partial charge on any atom is -0.0719 e. The fourth-order valence-electron chi connectivity index (χ4n) is 1.25. The average molecular weight is 152 g/mol. The van der Waals surface area contributed by atoms with E-state index in [1.807, 2.05) is 13.8 Å². The Morgan fingerprint density at radius 1 is 1.09 bits per heavy atom. The minimum atomic E-state index is 0.323. The molecule has 11 heavy (non-hydrogen) atoms. The van der Waals surface area contributed by atoms with Gasteiger partial charge in [-0.1, -0.05) is 51.0 Å². The first-order valence-electron chi connectivity index (χ1n) is 4.40. The van der Waals surface area contributed by atoms with E-state index in [1.165, 1.54) is 11.1 Å². The summed E-state index contributed by atoms with van der Waals surface area (Å²) in [6.07, 6.45) is 4.56. The Morgan fingerprint density at radius 3 is 1.64 bits per heavy atom. The Hall–Kier alpha value is -0.520. The molecule has 0 aliphatic heterocycles. The van der Waals surface area contributed by atoms with Gasteiger partial charge in [0.1, 0.15) is 0 Å². The summed E-state index contributed by atoms with van der Waals surface area (Å²) in [5.74, 6) is 0. The smallest absolute Gasteiger partial charge is 0.00403 e. The van der Waals surface area contributed by atoms with E-state index in [2.05, 4.69) is 39.8 Å². The molecule has 64 valence electrons. The first kappa shape index (κ1) is 10.5. The maximum Gasteiger partial charge on any atom is 0.00403 e. The largest absolute Gasteiger partial charge is 0.0719 e. The molecule has 0 N–H and O–H groups in total. The fourth-order valence-corrected chi connectivity index (χ4v) is 1.25. The molecule has 0 unspecified atom stereocenters. The molecule has 0 aromatic rings. The van der Waals surface area contributed by atoms with Crippen LogP contribution in [0.5, 0.6) is 0 Å². The molecule has 0 radical (unpaired) electrons. The van der Waals surface area contributed by atoms with Crippen LogP contribution in [0, 0.1) is 5.41 Å². The van der Waals surface area contributed by atoms with Crippen molar-refractivity contribution >= 4 is 0 Å². The van der Waals surface area contributed by atoms with Crippen molar-refractivity contribution in [1.29, 1.82) is 0 Å². The first-order chi connectivity index (χ1) is 5.02. The van der Waals surface area contributed by atoms with Gasteiger partial charge in [0, 0.05) is 5.41 Å². The lowest BCUT2D eigenvalue weighted by Gasteiger charge is -2.16. The number of rotatable bonds is 0. The van der Waals surface area contributed by atoms with E-state index in [0.29, 0.717) is 5.41 Å². The van der Waals surface area contributed by atoms with E-state index >= 15 is 0 Å². The zero-order valence-electron chi connectivity index (χ0n) is 8.65. The third-order valence-corrected chi connectivity index (χ3v) is 2.05. The molecule has 0 bridgehead atoms. The third-order valence-electron chi connectivity index (χ3n) is 2.05. The first-order valence-corrected chi connectivity index (χ1v) is 4.40. The van der Waals surface area contributed by atoms with Crippen LogP contribution in [0.4, 0.5) is 0 Å². The summed E-state index contributed by atoms with van der Waals surface area (Å²) >= 11 is 0. The molecule has 1 rings (SSSR count). The molecule has 0 aromatic carbocycles. The van der Waals surface area contributed by atoms with Crippen molar-refractivity contribution in [3.8, 4) is 0 Å². The van der Waals surface area contributed by atoms with Gasteiger partial charge in [0.05, 0.1) is 0 Å². The second kappa shape index (κ2) is 3.75. The van der Waals surface area contributed by atoms with Gasteiger partial charge in [-0.2, -0.15) is 0 Å². The van der Waals surface area contributed by atoms with Crippen LogP contribution in [-0.4, -0.2) is 0 Å². The van der Waals surface area contributed by atoms with Crippen LogP contribution in [0.3, 0.4) is 0 Å². The molecule has 0 saturated carbocycles. The van der Waals surface area contributed by atoms with Gasteiger partial charge in [0.25, 0.3) is 0 Å². The second-order valence-corrected chi connectivity index (χ2v) is 3.44. The van der Waals surface area contributed by atoms with Crippen molar-refractivity contribution in [1.82, 2.24) is 0 Å². The molecule has 0 heterocycles.